The largest absolute Gasteiger partial charge is 0.396 e. The number of piperidine rings is 1. The fourth-order valence-electron chi connectivity index (χ4n) is 3.94. The Bertz CT molecular complexity index is 505. The maximum absolute atomic E-state index is 13.3. The van der Waals surface area contributed by atoms with Gasteiger partial charge in [0.15, 0.2) is 0 Å². The van der Waals surface area contributed by atoms with Gasteiger partial charge in [-0.1, -0.05) is 6.07 Å². The van der Waals surface area contributed by atoms with Crippen LogP contribution in [0.2, 0.25) is 0 Å². The highest BCUT2D eigenvalue weighted by Crippen LogP contribution is 2.32. The molecule has 3 rings (SSSR count). The van der Waals surface area contributed by atoms with Crippen LogP contribution in [-0.4, -0.2) is 42.8 Å². The van der Waals surface area contributed by atoms with Crippen molar-refractivity contribution in [1.82, 2.24) is 10.2 Å². The molecule has 122 valence electrons. The minimum Gasteiger partial charge on any atom is -0.396 e. The number of rotatable bonds is 4. The lowest BCUT2D eigenvalue weighted by molar-refractivity contribution is 0.108. The summed E-state index contributed by atoms with van der Waals surface area (Å²) in [6, 6.07) is 5.28. The van der Waals surface area contributed by atoms with Gasteiger partial charge < -0.3 is 10.4 Å². The van der Waals surface area contributed by atoms with Crippen LogP contribution in [0.25, 0.3) is 0 Å². The molecule has 0 bridgehead atoms. The van der Waals surface area contributed by atoms with Gasteiger partial charge in [-0.2, -0.15) is 0 Å². The van der Waals surface area contributed by atoms with Gasteiger partial charge in [0.1, 0.15) is 5.82 Å². The first kappa shape index (κ1) is 16.4. The van der Waals surface area contributed by atoms with Crippen LogP contribution in [-0.2, 0) is 6.54 Å². The summed E-state index contributed by atoms with van der Waals surface area (Å²) >= 11 is 3.26. The molecule has 2 atom stereocenters. The summed E-state index contributed by atoms with van der Waals surface area (Å²) in [6.45, 7) is 5.40. The summed E-state index contributed by atoms with van der Waals surface area (Å²) in [6.07, 6.45) is 2.40. The van der Waals surface area contributed by atoms with Gasteiger partial charge >= 0.3 is 0 Å². The molecular weight excluding hydrogens is 347 g/mol. The number of benzene rings is 1. The third-order valence-electron chi connectivity index (χ3n) is 5.25. The lowest BCUT2D eigenvalue weighted by Crippen LogP contribution is -2.38. The van der Waals surface area contributed by atoms with Crippen LogP contribution in [0.5, 0.6) is 0 Å². The Labute approximate surface area is 140 Å². The Morgan fingerprint density at radius 3 is 2.73 bits per heavy atom. The van der Waals surface area contributed by atoms with Crippen molar-refractivity contribution in [3.8, 4) is 0 Å². The van der Waals surface area contributed by atoms with Gasteiger partial charge in [-0.25, -0.2) is 4.39 Å². The van der Waals surface area contributed by atoms with Gasteiger partial charge in [0.2, 0.25) is 0 Å². The normalized spacial score (nSPS) is 27.4. The van der Waals surface area contributed by atoms with E-state index in [-0.39, 0.29) is 5.82 Å². The molecule has 22 heavy (non-hydrogen) atoms. The van der Waals surface area contributed by atoms with Crippen LogP contribution < -0.4 is 5.32 Å². The lowest BCUT2D eigenvalue weighted by atomic mass is 9.79. The topological polar surface area (TPSA) is 35.5 Å². The fourth-order valence-corrected chi connectivity index (χ4v) is 4.37. The summed E-state index contributed by atoms with van der Waals surface area (Å²) in [4.78, 5) is 2.45. The molecule has 0 saturated carbocycles. The Hall–Kier alpha value is -0.490. The van der Waals surface area contributed by atoms with Crippen molar-refractivity contribution in [2.24, 2.45) is 17.8 Å². The summed E-state index contributed by atoms with van der Waals surface area (Å²) in [5, 5.41) is 12.9. The third-order valence-corrected chi connectivity index (χ3v) is 5.86. The van der Waals surface area contributed by atoms with Crippen molar-refractivity contribution in [1.29, 1.82) is 0 Å². The second-order valence-corrected chi connectivity index (χ2v) is 7.48. The summed E-state index contributed by atoms with van der Waals surface area (Å²) in [5.41, 5.74) is 1.16. The molecule has 1 aromatic carbocycles. The fraction of sp³-hybridized carbons (Fsp3) is 0.647. The summed E-state index contributed by atoms with van der Waals surface area (Å²) < 4.78 is 13.8. The van der Waals surface area contributed by atoms with E-state index in [9.17, 15) is 9.50 Å². The minimum atomic E-state index is -0.203. The van der Waals surface area contributed by atoms with Crippen molar-refractivity contribution in [3.63, 3.8) is 0 Å². The number of nitrogens with zero attached hydrogens (tertiary/aromatic N) is 1. The van der Waals surface area contributed by atoms with E-state index in [4.69, 9.17) is 0 Å². The van der Waals surface area contributed by atoms with Gasteiger partial charge in [-0.15, -0.1) is 0 Å². The molecule has 2 N–H and O–H groups in total. The number of aliphatic hydroxyl groups excluding tert-OH is 1. The lowest BCUT2D eigenvalue weighted by Gasteiger charge is -2.36. The third kappa shape index (κ3) is 3.70. The molecule has 0 aromatic heterocycles. The molecule has 2 saturated heterocycles. The molecule has 0 aliphatic carbocycles. The van der Waals surface area contributed by atoms with Gasteiger partial charge in [-0.3, -0.25) is 4.90 Å². The SMILES string of the molecule is OC[C@@H]1CNC[C@H]1C1CCN(Cc2ccc(F)c(Br)c2)CC1. The number of hydrogen-bond donors (Lipinski definition) is 2. The van der Waals surface area contributed by atoms with E-state index in [1.165, 1.54) is 18.9 Å². The van der Waals surface area contributed by atoms with Crippen molar-refractivity contribution in [2.75, 3.05) is 32.8 Å². The summed E-state index contributed by atoms with van der Waals surface area (Å²) in [5.74, 6) is 1.59. The highest BCUT2D eigenvalue weighted by Gasteiger charge is 2.34. The average molecular weight is 371 g/mol. The van der Waals surface area contributed by atoms with Crippen molar-refractivity contribution < 1.29 is 9.50 Å². The van der Waals surface area contributed by atoms with Gasteiger partial charge in [-0.05, 0) is 83.9 Å². The van der Waals surface area contributed by atoms with Crippen molar-refractivity contribution in [2.45, 2.75) is 19.4 Å². The van der Waals surface area contributed by atoms with E-state index >= 15 is 0 Å². The number of likely N-dealkylation sites (tertiary alicyclic amines) is 1. The van der Waals surface area contributed by atoms with E-state index in [0.29, 0.717) is 22.9 Å². The van der Waals surface area contributed by atoms with Crippen LogP contribution in [0.3, 0.4) is 0 Å². The smallest absolute Gasteiger partial charge is 0.137 e. The zero-order valence-corrected chi connectivity index (χ0v) is 14.4. The summed E-state index contributed by atoms with van der Waals surface area (Å²) in [7, 11) is 0. The van der Waals surface area contributed by atoms with Crippen molar-refractivity contribution >= 4 is 15.9 Å². The van der Waals surface area contributed by atoms with E-state index < -0.39 is 0 Å². The van der Waals surface area contributed by atoms with E-state index in [0.717, 1.165) is 44.2 Å². The zero-order chi connectivity index (χ0) is 15.5. The first-order chi connectivity index (χ1) is 10.7. The standard InChI is InChI=1S/C17H24BrFN2O/c18-16-7-12(1-2-17(16)19)10-21-5-3-13(4-6-21)15-9-20-8-14(15)11-22/h1-2,7,13-15,20,22H,3-6,8-11H2/t14-,15-/m0/s1. The Kier molecular flexibility index (Phi) is 5.50. The molecule has 2 fully saturated rings. The van der Waals surface area contributed by atoms with E-state index in [1.54, 1.807) is 0 Å². The average Bonchev–Trinajstić information content (AvgIpc) is 3.00. The maximum atomic E-state index is 13.3. The second-order valence-electron chi connectivity index (χ2n) is 6.63. The van der Waals surface area contributed by atoms with E-state index in [1.807, 2.05) is 12.1 Å². The molecule has 0 radical (unpaired) electrons. The number of aliphatic hydroxyl groups is 1. The highest BCUT2D eigenvalue weighted by molar-refractivity contribution is 9.10. The van der Waals surface area contributed by atoms with Crippen LogP contribution in [0.1, 0.15) is 18.4 Å². The van der Waals surface area contributed by atoms with Crippen LogP contribution in [0, 0.1) is 23.6 Å². The monoisotopic (exact) mass is 370 g/mol. The van der Waals surface area contributed by atoms with E-state index in [2.05, 4.69) is 26.1 Å². The zero-order valence-electron chi connectivity index (χ0n) is 12.8. The second kappa shape index (κ2) is 7.39. The molecular formula is C17H24BrFN2O. The quantitative estimate of drug-likeness (QED) is 0.854. The van der Waals surface area contributed by atoms with Crippen LogP contribution in [0.4, 0.5) is 4.39 Å². The van der Waals surface area contributed by atoms with Gasteiger partial charge in [0, 0.05) is 19.7 Å². The predicted octanol–water partition coefficient (Wildman–Crippen LogP) is 2.63. The molecule has 0 amide bonds. The molecule has 2 aliphatic rings. The number of halogens is 2. The Morgan fingerprint density at radius 1 is 1.27 bits per heavy atom. The minimum absolute atomic E-state index is 0.203. The molecule has 2 aliphatic heterocycles. The molecule has 2 heterocycles. The van der Waals surface area contributed by atoms with Crippen LogP contribution >= 0.6 is 15.9 Å². The van der Waals surface area contributed by atoms with Crippen LogP contribution in [0.15, 0.2) is 22.7 Å². The van der Waals surface area contributed by atoms with Gasteiger partial charge in [0.25, 0.3) is 0 Å². The first-order valence-electron chi connectivity index (χ1n) is 8.15. The maximum Gasteiger partial charge on any atom is 0.137 e. The number of hydrogen-bond acceptors (Lipinski definition) is 3. The Morgan fingerprint density at radius 2 is 2.05 bits per heavy atom. The Balaban J connectivity index is 1.52. The molecule has 0 unspecified atom stereocenters. The molecule has 3 nitrogen and oxygen atoms in total. The molecule has 1 aromatic rings. The highest BCUT2D eigenvalue weighted by atomic mass is 79.9. The van der Waals surface area contributed by atoms with Crippen molar-refractivity contribution in [3.05, 3.63) is 34.1 Å². The molecule has 0 spiro atoms. The number of nitrogens with one attached hydrogen (secondary N) is 1. The molecule has 5 heteroatoms. The van der Waals surface area contributed by atoms with Gasteiger partial charge in [0.05, 0.1) is 4.47 Å². The first-order valence-corrected chi connectivity index (χ1v) is 8.94. The predicted molar refractivity (Wildman–Crippen MR) is 89.0 cm³/mol.